The molecule has 0 bridgehead atoms. The molecule has 5 heteroatoms. The van der Waals surface area contributed by atoms with Gasteiger partial charge in [-0.25, -0.2) is 0 Å². The Balaban J connectivity index is 0.00000162. The molecular weight excluding hydrogens is 268 g/mol. The first kappa shape index (κ1) is 16.1. The van der Waals surface area contributed by atoms with Crippen LogP contribution in [0.15, 0.2) is 0 Å². The lowest BCUT2D eigenvalue weighted by Gasteiger charge is -2.40. The molecule has 2 rings (SSSR count). The van der Waals surface area contributed by atoms with Gasteiger partial charge in [0.15, 0.2) is 0 Å². The first-order chi connectivity index (χ1) is 8.09. The molecule has 2 aliphatic rings. The number of halogens is 1. The molecule has 4 atom stereocenters. The summed E-state index contributed by atoms with van der Waals surface area (Å²) < 4.78 is 0. The lowest BCUT2D eigenvalue weighted by Crippen LogP contribution is -2.51. The lowest BCUT2D eigenvalue weighted by atomic mass is 9.85. The molecular formula is C13H25ClN2OS. The Morgan fingerprint density at radius 2 is 2.06 bits per heavy atom. The topological polar surface area (TPSA) is 46.3 Å². The maximum atomic E-state index is 12.5. The third-order valence-electron chi connectivity index (χ3n) is 4.23. The van der Waals surface area contributed by atoms with Crippen LogP contribution in [0, 0.1) is 5.92 Å². The predicted molar refractivity (Wildman–Crippen MR) is 80.3 cm³/mol. The molecule has 0 radical (unpaired) electrons. The van der Waals surface area contributed by atoms with Gasteiger partial charge >= 0.3 is 0 Å². The molecule has 106 valence electrons. The van der Waals surface area contributed by atoms with E-state index in [0.717, 1.165) is 38.0 Å². The van der Waals surface area contributed by atoms with E-state index in [0.29, 0.717) is 17.2 Å². The summed E-state index contributed by atoms with van der Waals surface area (Å²) in [5.74, 6) is 1.63. The van der Waals surface area contributed by atoms with Crippen LogP contribution in [0.1, 0.15) is 39.5 Å². The van der Waals surface area contributed by atoms with Gasteiger partial charge in [0.1, 0.15) is 0 Å². The van der Waals surface area contributed by atoms with Crippen molar-refractivity contribution in [1.82, 2.24) is 4.90 Å². The summed E-state index contributed by atoms with van der Waals surface area (Å²) in [6, 6.07) is 0.615. The minimum absolute atomic E-state index is 0. The van der Waals surface area contributed by atoms with E-state index in [1.165, 1.54) is 0 Å². The summed E-state index contributed by atoms with van der Waals surface area (Å²) in [4.78, 5) is 14.6. The van der Waals surface area contributed by atoms with Crippen molar-refractivity contribution in [3.8, 4) is 0 Å². The molecule has 0 aromatic heterocycles. The van der Waals surface area contributed by atoms with Crippen LogP contribution in [0.25, 0.3) is 0 Å². The second-order valence-corrected chi connectivity index (χ2v) is 6.96. The molecule has 4 unspecified atom stereocenters. The van der Waals surface area contributed by atoms with Gasteiger partial charge in [-0.1, -0.05) is 13.3 Å². The Morgan fingerprint density at radius 3 is 2.72 bits per heavy atom. The minimum Gasteiger partial charge on any atom is -0.338 e. The van der Waals surface area contributed by atoms with Crippen LogP contribution in [0.3, 0.4) is 0 Å². The molecule has 1 saturated heterocycles. The maximum absolute atomic E-state index is 12.5. The number of thioether (sulfide) groups is 1. The van der Waals surface area contributed by atoms with Gasteiger partial charge in [0, 0.05) is 35.5 Å². The van der Waals surface area contributed by atoms with Gasteiger partial charge in [-0.05, 0) is 26.2 Å². The van der Waals surface area contributed by atoms with Crippen LogP contribution in [0.2, 0.25) is 0 Å². The van der Waals surface area contributed by atoms with Crippen molar-refractivity contribution < 1.29 is 4.79 Å². The van der Waals surface area contributed by atoms with Crippen LogP contribution >= 0.6 is 24.2 Å². The van der Waals surface area contributed by atoms with Crippen molar-refractivity contribution >= 4 is 30.1 Å². The summed E-state index contributed by atoms with van der Waals surface area (Å²) in [5, 5.41) is 0.560. The van der Waals surface area contributed by atoms with Crippen molar-refractivity contribution in [2.24, 2.45) is 11.7 Å². The van der Waals surface area contributed by atoms with E-state index < -0.39 is 0 Å². The number of carbonyl (C=O) groups is 1. The highest BCUT2D eigenvalue weighted by Crippen LogP contribution is 2.30. The lowest BCUT2D eigenvalue weighted by molar-refractivity contribution is -0.138. The number of hydrogen-bond donors (Lipinski definition) is 1. The summed E-state index contributed by atoms with van der Waals surface area (Å²) >= 11 is 1.98. The molecule has 2 N–H and O–H groups in total. The Labute approximate surface area is 121 Å². The Kier molecular flexibility index (Phi) is 6.28. The second kappa shape index (κ2) is 7.01. The number of nitrogens with two attached hydrogens (primary N) is 1. The van der Waals surface area contributed by atoms with E-state index in [1.54, 1.807) is 0 Å². The zero-order valence-electron chi connectivity index (χ0n) is 11.3. The van der Waals surface area contributed by atoms with Crippen LogP contribution in [-0.4, -0.2) is 40.4 Å². The molecule has 3 nitrogen and oxygen atoms in total. The highest BCUT2D eigenvalue weighted by Gasteiger charge is 2.34. The summed E-state index contributed by atoms with van der Waals surface area (Å²) in [6.07, 6.45) is 4.14. The first-order valence-electron chi connectivity index (χ1n) is 6.77. The summed E-state index contributed by atoms with van der Waals surface area (Å²) in [6.45, 7) is 5.32. The first-order valence-corrected chi connectivity index (χ1v) is 7.82. The van der Waals surface area contributed by atoms with E-state index in [9.17, 15) is 4.79 Å². The van der Waals surface area contributed by atoms with E-state index in [1.807, 2.05) is 11.8 Å². The largest absolute Gasteiger partial charge is 0.338 e. The third kappa shape index (κ3) is 3.55. The van der Waals surface area contributed by atoms with Gasteiger partial charge in [0.25, 0.3) is 0 Å². The second-order valence-electron chi connectivity index (χ2n) is 5.47. The number of rotatable bonds is 1. The molecule has 1 aliphatic carbocycles. The Morgan fingerprint density at radius 1 is 1.33 bits per heavy atom. The molecule has 0 aromatic carbocycles. The molecule has 1 saturated carbocycles. The molecule has 0 aromatic rings. The number of amides is 1. The number of nitrogens with zero attached hydrogens (tertiary/aromatic N) is 1. The van der Waals surface area contributed by atoms with Gasteiger partial charge in [-0.15, -0.1) is 12.4 Å². The van der Waals surface area contributed by atoms with Crippen molar-refractivity contribution in [3.63, 3.8) is 0 Å². The summed E-state index contributed by atoms with van der Waals surface area (Å²) in [5.41, 5.74) is 5.98. The van der Waals surface area contributed by atoms with Gasteiger partial charge in [0.05, 0.1) is 0 Å². The molecule has 0 spiro atoms. The molecule has 18 heavy (non-hydrogen) atoms. The van der Waals surface area contributed by atoms with Crippen molar-refractivity contribution in [2.45, 2.75) is 56.9 Å². The minimum atomic E-state index is 0. The fourth-order valence-electron chi connectivity index (χ4n) is 2.93. The van der Waals surface area contributed by atoms with Crippen LogP contribution < -0.4 is 5.73 Å². The standard InChI is InChI=1S/C13H24N2OS.ClH/c1-9-10(2)17-7-6-15(9)13(16)11-4-3-5-12(14)8-11;/h9-12H,3-8,14H2,1-2H3;1H. The smallest absolute Gasteiger partial charge is 0.226 e. The molecule has 2 fully saturated rings. The van der Waals surface area contributed by atoms with Gasteiger partial charge < -0.3 is 10.6 Å². The van der Waals surface area contributed by atoms with Gasteiger partial charge in [-0.2, -0.15) is 11.8 Å². The van der Waals surface area contributed by atoms with Crippen LogP contribution in [0.4, 0.5) is 0 Å². The van der Waals surface area contributed by atoms with Crippen LogP contribution in [-0.2, 0) is 4.79 Å². The molecule has 1 heterocycles. The Hall–Kier alpha value is 0.0700. The summed E-state index contributed by atoms with van der Waals surface area (Å²) in [7, 11) is 0. The monoisotopic (exact) mass is 292 g/mol. The predicted octanol–water partition coefficient (Wildman–Crippen LogP) is 2.28. The van der Waals surface area contributed by atoms with Gasteiger partial charge in [0.2, 0.25) is 5.91 Å². The van der Waals surface area contributed by atoms with Crippen molar-refractivity contribution in [2.75, 3.05) is 12.3 Å². The molecule has 1 aliphatic heterocycles. The normalized spacial score (nSPS) is 36.9. The quantitative estimate of drug-likeness (QED) is 0.806. The number of hydrogen-bond acceptors (Lipinski definition) is 3. The van der Waals surface area contributed by atoms with E-state index in [-0.39, 0.29) is 24.4 Å². The van der Waals surface area contributed by atoms with E-state index in [4.69, 9.17) is 5.73 Å². The fourth-order valence-corrected chi connectivity index (χ4v) is 4.03. The zero-order valence-corrected chi connectivity index (χ0v) is 12.9. The molecule has 1 amide bonds. The highest BCUT2D eigenvalue weighted by molar-refractivity contribution is 8.00. The zero-order chi connectivity index (χ0) is 12.4. The average Bonchev–Trinajstić information content (AvgIpc) is 2.32. The number of carbonyl (C=O) groups excluding carboxylic acids is 1. The third-order valence-corrected chi connectivity index (χ3v) is 5.57. The van der Waals surface area contributed by atoms with Crippen molar-refractivity contribution in [1.29, 1.82) is 0 Å². The SMILES string of the molecule is CC1SCCN(C(=O)C2CCCC(N)C2)C1C.Cl. The average molecular weight is 293 g/mol. The highest BCUT2D eigenvalue weighted by atomic mass is 35.5. The fraction of sp³-hybridized carbons (Fsp3) is 0.923. The van der Waals surface area contributed by atoms with E-state index >= 15 is 0 Å². The van der Waals surface area contributed by atoms with Crippen LogP contribution in [0.5, 0.6) is 0 Å². The van der Waals surface area contributed by atoms with Gasteiger partial charge in [-0.3, -0.25) is 4.79 Å². The van der Waals surface area contributed by atoms with E-state index in [2.05, 4.69) is 18.7 Å². The Bertz CT molecular complexity index is 290. The maximum Gasteiger partial charge on any atom is 0.226 e. The van der Waals surface area contributed by atoms with Crippen molar-refractivity contribution in [3.05, 3.63) is 0 Å².